The van der Waals surface area contributed by atoms with Crippen LogP contribution in [-0.4, -0.2) is 18.6 Å². The molecule has 4 heteroatoms. The molecule has 0 aliphatic heterocycles. The maximum Gasteiger partial charge on any atom is 0.239 e. The minimum atomic E-state index is -0.472. The third-order valence-electron chi connectivity index (χ3n) is 3.01. The van der Waals surface area contributed by atoms with Crippen LogP contribution in [-0.2, 0) is 4.79 Å². The number of hydrogen-bond donors (Lipinski definition) is 2. The Morgan fingerprint density at radius 2 is 2.16 bits per heavy atom. The SMILES string of the molecule is CCCOc1cccc(C(NC(C)CC)C(N)=O)c1. The highest BCUT2D eigenvalue weighted by molar-refractivity contribution is 5.81. The van der Waals surface area contributed by atoms with Gasteiger partial charge in [-0.2, -0.15) is 0 Å². The highest BCUT2D eigenvalue weighted by Gasteiger charge is 2.19. The fourth-order valence-electron chi connectivity index (χ4n) is 1.75. The van der Waals surface area contributed by atoms with Crippen molar-refractivity contribution in [1.82, 2.24) is 5.32 Å². The third kappa shape index (κ3) is 4.91. The van der Waals surface area contributed by atoms with E-state index in [9.17, 15) is 4.79 Å². The quantitative estimate of drug-likeness (QED) is 0.757. The monoisotopic (exact) mass is 264 g/mol. The second-order valence-electron chi connectivity index (χ2n) is 4.73. The molecule has 0 radical (unpaired) electrons. The summed E-state index contributed by atoms with van der Waals surface area (Å²) in [6.07, 6.45) is 1.89. The number of carbonyl (C=O) groups is 1. The van der Waals surface area contributed by atoms with Crippen LogP contribution in [0.1, 0.15) is 45.2 Å². The molecule has 0 saturated carbocycles. The van der Waals surface area contributed by atoms with Gasteiger partial charge in [0.15, 0.2) is 0 Å². The van der Waals surface area contributed by atoms with Crippen molar-refractivity contribution in [2.75, 3.05) is 6.61 Å². The van der Waals surface area contributed by atoms with E-state index in [1.807, 2.05) is 31.2 Å². The summed E-state index contributed by atoms with van der Waals surface area (Å²) in [5.41, 5.74) is 6.33. The molecular weight excluding hydrogens is 240 g/mol. The third-order valence-corrected chi connectivity index (χ3v) is 3.01. The standard InChI is InChI=1S/C15H24N2O2/c1-4-9-19-13-8-6-7-12(10-13)14(15(16)18)17-11(3)5-2/h6-8,10-11,14,17H,4-5,9H2,1-3H3,(H2,16,18). The first-order valence-corrected chi connectivity index (χ1v) is 6.86. The highest BCUT2D eigenvalue weighted by atomic mass is 16.5. The predicted octanol–water partition coefficient (Wildman–Crippen LogP) is 2.39. The molecule has 0 aliphatic rings. The topological polar surface area (TPSA) is 64.3 Å². The molecule has 106 valence electrons. The molecule has 2 atom stereocenters. The number of rotatable bonds is 8. The summed E-state index contributed by atoms with van der Waals surface area (Å²) >= 11 is 0. The van der Waals surface area contributed by atoms with Crippen LogP contribution in [0.4, 0.5) is 0 Å². The van der Waals surface area contributed by atoms with Crippen molar-refractivity contribution in [2.45, 2.75) is 45.7 Å². The van der Waals surface area contributed by atoms with Crippen molar-refractivity contribution in [3.8, 4) is 5.75 Å². The van der Waals surface area contributed by atoms with E-state index in [1.165, 1.54) is 0 Å². The van der Waals surface area contributed by atoms with E-state index in [0.29, 0.717) is 6.61 Å². The molecule has 0 spiro atoms. The summed E-state index contributed by atoms with van der Waals surface area (Å²) in [5.74, 6) is 0.407. The molecule has 0 aromatic heterocycles. The Balaban J connectivity index is 2.86. The van der Waals surface area contributed by atoms with Crippen LogP contribution in [0.3, 0.4) is 0 Å². The second-order valence-corrected chi connectivity index (χ2v) is 4.73. The van der Waals surface area contributed by atoms with E-state index in [1.54, 1.807) is 0 Å². The van der Waals surface area contributed by atoms with Gasteiger partial charge in [-0.05, 0) is 37.5 Å². The molecule has 1 aromatic carbocycles. The molecule has 19 heavy (non-hydrogen) atoms. The number of nitrogens with two attached hydrogens (primary N) is 1. The fourth-order valence-corrected chi connectivity index (χ4v) is 1.75. The molecule has 0 aliphatic carbocycles. The molecule has 2 unspecified atom stereocenters. The molecule has 0 saturated heterocycles. The molecule has 0 heterocycles. The number of ether oxygens (including phenoxy) is 1. The summed E-state index contributed by atoms with van der Waals surface area (Å²) in [4.78, 5) is 11.6. The van der Waals surface area contributed by atoms with Gasteiger partial charge in [-0.1, -0.05) is 26.0 Å². The zero-order valence-electron chi connectivity index (χ0n) is 12.0. The Kier molecular flexibility index (Phi) is 6.36. The zero-order chi connectivity index (χ0) is 14.3. The molecule has 3 N–H and O–H groups in total. The second kappa shape index (κ2) is 7.79. The van der Waals surface area contributed by atoms with Gasteiger partial charge in [-0.25, -0.2) is 0 Å². The first-order valence-electron chi connectivity index (χ1n) is 6.86. The Hall–Kier alpha value is -1.55. The van der Waals surface area contributed by atoms with Crippen molar-refractivity contribution >= 4 is 5.91 Å². The first-order chi connectivity index (χ1) is 9.08. The summed E-state index contributed by atoms with van der Waals surface area (Å²) in [6.45, 7) is 6.83. The number of nitrogens with one attached hydrogen (secondary N) is 1. The number of amides is 1. The zero-order valence-corrected chi connectivity index (χ0v) is 12.0. The van der Waals surface area contributed by atoms with E-state index < -0.39 is 6.04 Å². The summed E-state index contributed by atoms with van der Waals surface area (Å²) < 4.78 is 5.58. The van der Waals surface area contributed by atoms with Crippen molar-refractivity contribution < 1.29 is 9.53 Å². The van der Waals surface area contributed by atoms with Crippen LogP contribution in [0, 0.1) is 0 Å². The Bertz CT molecular complexity index is 407. The van der Waals surface area contributed by atoms with Gasteiger partial charge in [0.25, 0.3) is 0 Å². The lowest BCUT2D eigenvalue weighted by molar-refractivity contribution is -0.120. The minimum absolute atomic E-state index is 0.234. The molecular formula is C15H24N2O2. The average molecular weight is 264 g/mol. The lowest BCUT2D eigenvalue weighted by Crippen LogP contribution is -2.38. The molecule has 0 bridgehead atoms. The average Bonchev–Trinajstić information content (AvgIpc) is 2.42. The molecule has 1 aromatic rings. The molecule has 1 amide bonds. The Morgan fingerprint density at radius 1 is 1.42 bits per heavy atom. The summed E-state index contributed by atoms with van der Waals surface area (Å²) in [7, 11) is 0. The fraction of sp³-hybridized carbons (Fsp3) is 0.533. The van der Waals surface area contributed by atoms with Crippen LogP contribution in [0.15, 0.2) is 24.3 Å². The number of primary amides is 1. The largest absolute Gasteiger partial charge is 0.494 e. The normalized spacial score (nSPS) is 13.8. The molecule has 4 nitrogen and oxygen atoms in total. The maximum atomic E-state index is 11.6. The van der Waals surface area contributed by atoms with Gasteiger partial charge < -0.3 is 10.5 Å². The summed E-state index contributed by atoms with van der Waals surface area (Å²) in [5, 5.41) is 3.24. The lowest BCUT2D eigenvalue weighted by atomic mass is 10.0. The van der Waals surface area contributed by atoms with Gasteiger partial charge in [0.1, 0.15) is 11.8 Å². The first kappa shape index (κ1) is 15.5. The van der Waals surface area contributed by atoms with E-state index in [-0.39, 0.29) is 11.9 Å². The van der Waals surface area contributed by atoms with Crippen LogP contribution in [0.5, 0.6) is 5.75 Å². The van der Waals surface area contributed by atoms with E-state index in [4.69, 9.17) is 10.5 Å². The van der Waals surface area contributed by atoms with Crippen molar-refractivity contribution in [1.29, 1.82) is 0 Å². The van der Waals surface area contributed by atoms with Gasteiger partial charge in [0.05, 0.1) is 6.61 Å². The van der Waals surface area contributed by atoms with Gasteiger partial charge in [0.2, 0.25) is 5.91 Å². The van der Waals surface area contributed by atoms with Crippen LogP contribution in [0.25, 0.3) is 0 Å². The van der Waals surface area contributed by atoms with Gasteiger partial charge in [0, 0.05) is 6.04 Å². The Morgan fingerprint density at radius 3 is 2.74 bits per heavy atom. The number of hydrogen-bond acceptors (Lipinski definition) is 3. The minimum Gasteiger partial charge on any atom is -0.494 e. The maximum absolute atomic E-state index is 11.6. The predicted molar refractivity (Wildman–Crippen MR) is 77.1 cm³/mol. The summed E-state index contributed by atoms with van der Waals surface area (Å²) in [6, 6.07) is 7.30. The van der Waals surface area contributed by atoms with E-state index in [2.05, 4.69) is 19.2 Å². The van der Waals surface area contributed by atoms with Gasteiger partial charge in [-0.3, -0.25) is 10.1 Å². The van der Waals surface area contributed by atoms with Gasteiger partial charge in [-0.15, -0.1) is 0 Å². The highest BCUT2D eigenvalue weighted by Crippen LogP contribution is 2.20. The van der Waals surface area contributed by atoms with E-state index in [0.717, 1.165) is 24.2 Å². The van der Waals surface area contributed by atoms with Crippen molar-refractivity contribution in [3.05, 3.63) is 29.8 Å². The van der Waals surface area contributed by atoms with Crippen LogP contribution in [0.2, 0.25) is 0 Å². The Labute approximate surface area is 115 Å². The number of carbonyl (C=O) groups excluding carboxylic acids is 1. The lowest BCUT2D eigenvalue weighted by Gasteiger charge is -2.20. The van der Waals surface area contributed by atoms with Crippen LogP contribution < -0.4 is 15.8 Å². The molecule has 0 fully saturated rings. The number of benzene rings is 1. The van der Waals surface area contributed by atoms with Gasteiger partial charge >= 0.3 is 0 Å². The smallest absolute Gasteiger partial charge is 0.239 e. The van der Waals surface area contributed by atoms with E-state index >= 15 is 0 Å². The van der Waals surface area contributed by atoms with Crippen molar-refractivity contribution in [2.24, 2.45) is 5.73 Å². The molecule has 1 rings (SSSR count). The van der Waals surface area contributed by atoms with Crippen LogP contribution >= 0.6 is 0 Å². The van der Waals surface area contributed by atoms with Crippen molar-refractivity contribution in [3.63, 3.8) is 0 Å².